The van der Waals surface area contributed by atoms with Crippen LogP contribution in [0.15, 0.2) is 0 Å². The number of carbonyl (C=O) groups excluding carboxylic acids is 3. The number of aliphatic hydroxyl groups excluding tert-OH is 1. The fourth-order valence-corrected chi connectivity index (χ4v) is 2.54. The normalized spacial score (nSPS) is 22.2. The summed E-state index contributed by atoms with van der Waals surface area (Å²) in [4.78, 5) is 37.9. The first kappa shape index (κ1) is 20.2. The number of nitrogens with zero attached hydrogens (tertiary/aromatic N) is 1. The quantitative estimate of drug-likeness (QED) is 0.726. The van der Waals surface area contributed by atoms with Crippen LogP contribution in [0.5, 0.6) is 0 Å². The van der Waals surface area contributed by atoms with Gasteiger partial charge in [0.05, 0.1) is 13.2 Å². The molecule has 0 spiro atoms. The van der Waals surface area contributed by atoms with E-state index in [0.29, 0.717) is 0 Å². The van der Waals surface area contributed by atoms with Gasteiger partial charge in [0.1, 0.15) is 17.7 Å². The minimum absolute atomic E-state index is 0.0256. The first-order valence-electron chi connectivity index (χ1n) is 8.02. The number of hydrogen-bond acceptors (Lipinski definition) is 6. The zero-order chi connectivity index (χ0) is 18.7. The molecule has 0 aromatic carbocycles. The van der Waals surface area contributed by atoms with Gasteiger partial charge in [-0.05, 0) is 26.7 Å². The van der Waals surface area contributed by atoms with Gasteiger partial charge in [0, 0.05) is 13.0 Å². The summed E-state index contributed by atoms with van der Waals surface area (Å²) in [7, 11) is 1.23. The van der Waals surface area contributed by atoms with Crippen LogP contribution < -0.4 is 5.32 Å². The third-order valence-electron chi connectivity index (χ3n) is 3.64. The second-order valence-electron chi connectivity index (χ2n) is 7.29. The average Bonchev–Trinajstić information content (AvgIpc) is 2.83. The minimum atomic E-state index is -0.864. The van der Waals surface area contributed by atoms with Gasteiger partial charge in [-0.3, -0.25) is 4.79 Å². The van der Waals surface area contributed by atoms with E-state index in [2.05, 4.69) is 5.32 Å². The lowest BCUT2D eigenvalue weighted by molar-refractivity contribution is -0.152. The maximum Gasteiger partial charge on any atom is 0.408 e. The number of rotatable bonds is 4. The molecule has 24 heavy (non-hydrogen) atoms. The van der Waals surface area contributed by atoms with Crippen molar-refractivity contribution in [2.24, 2.45) is 5.92 Å². The summed E-state index contributed by atoms with van der Waals surface area (Å²) in [6.07, 6.45) is -1.38. The summed E-state index contributed by atoms with van der Waals surface area (Å²) >= 11 is 0. The van der Waals surface area contributed by atoms with E-state index in [0.717, 1.165) is 0 Å². The van der Waals surface area contributed by atoms with Gasteiger partial charge in [-0.15, -0.1) is 0 Å². The van der Waals surface area contributed by atoms with Gasteiger partial charge >= 0.3 is 12.1 Å². The zero-order valence-electron chi connectivity index (χ0n) is 15.2. The summed E-state index contributed by atoms with van der Waals surface area (Å²) in [5.41, 5.74) is -0.687. The summed E-state index contributed by atoms with van der Waals surface area (Å²) in [5.74, 6) is -1.25. The highest BCUT2D eigenvalue weighted by molar-refractivity contribution is 5.90. The van der Waals surface area contributed by atoms with Gasteiger partial charge < -0.3 is 24.8 Å². The van der Waals surface area contributed by atoms with E-state index >= 15 is 0 Å². The fourth-order valence-electron chi connectivity index (χ4n) is 2.54. The molecular formula is C16H28N2O6. The van der Waals surface area contributed by atoms with Crippen LogP contribution in [-0.4, -0.2) is 65.4 Å². The van der Waals surface area contributed by atoms with Crippen molar-refractivity contribution in [1.82, 2.24) is 10.2 Å². The monoisotopic (exact) mass is 344 g/mol. The molecule has 8 nitrogen and oxygen atoms in total. The Morgan fingerprint density at radius 1 is 1.25 bits per heavy atom. The van der Waals surface area contributed by atoms with E-state index < -0.39 is 41.8 Å². The Balaban J connectivity index is 2.89. The molecule has 0 aromatic rings. The van der Waals surface area contributed by atoms with E-state index in [1.807, 2.05) is 0 Å². The fraction of sp³-hybridized carbons (Fsp3) is 0.812. The Morgan fingerprint density at radius 2 is 1.83 bits per heavy atom. The van der Waals surface area contributed by atoms with Crippen molar-refractivity contribution in [2.45, 2.75) is 64.8 Å². The number of methoxy groups -OCH3 is 1. The number of β-amino-alcohol motifs (C(OH)–C–C–N with tert-alkyl or cyclic N) is 1. The first-order chi connectivity index (χ1) is 11.0. The number of esters is 1. The number of ether oxygens (including phenoxy) is 2. The van der Waals surface area contributed by atoms with Crippen LogP contribution in [-0.2, 0) is 19.1 Å². The number of aliphatic hydroxyl groups is 1. The molecule has 0 saturated carbocycles. The molecule has 0 aliphatic carbocycles. The molecule has 0 aromatic heterocycles. The highest BCUT2D eigenvalue weighted by Gasteiger charge is 2.43. The predicted octanol–water partition coefficient (Wildman–Crippen LogP) is 0.670. The van der Waals surface area contributed by atoms with Gasteiger partial charge in [-0.25, -0.2) is 9.59 Å². The predicted molar refractivity (Wildman–Crippen MR) is 86.1 cm³/mol. The van der Waals surface area contributed by atoms with E-state index in [-0.39, 0.29) is 18.9 Å². The third kappa shape index (κ3) is 5.36. The molecule has 0 radical (unpaired) electrons. The average molecular weight is 344 g/mol. The molecule has 1 heterocycles. The van der Waals surface area contributed by atoms with Crippen LogP contribution in [0.25, 0.3) is 0 Å². The summed E-state index contributed by atoms with van der Waals surface area (Å²) in [6, 6.07) is -1.71. The van der Waals surface area contributed by atoms with Gasteiger partial charge in [0.15, 0.2) is 0 Å². The molecule has 2 amide bonds. The molecule has 1 saturated heterocycles. The Labute approximate surface area is 142 Å². The molecule has 8 heteroatoms. The number of carbonyl (C=O) groups is 3. The van der Waals surface area contributed by atoms with E-state index in [1.165, 1.54) is 12.0 Å². The number of likely N-dealkylation sites (tertiary alicyclic amines) is 1. The second-order valence-corrected chi connectivity index (χ2v) is 7.29. The van der Waals surface area contributed by atoms with E-state index in [4.69, 9.17) is 9.47 Å². The Kier molecular flexibility index (Phi) is 6.59. The second kappa shape index (κ2) is 7.83. The molecule has 2 N–H and O–H groups in total. The molecule has 1 rings (SSSR count). The van der Waals surface area contributed by atoms with Gasteiger partial charge in [-0.1, -0.05) is 13.8 Å². The van der Waals surface area contributed by atoms with Crippen molar-refractivity contribution in [3.63, 3.8) is 0 Å². The Hall–Kier alpha value is -1.83. The topological polar surface area (TPSA) is 105 Å². The molecular weight excluding hydrogens is 316 g/mol. The molecule has 1 aliphatic rings. The van der Waals surface area contributed by atoms with Crippen molar-refractivity contribution < 1.29 is 29.0 Å². The number of alkyl carbamates (subject to hydrolysis) is 1. The maximum absolute atomic E-state index is 12.8. The molecule has 1 fully saturated rings. The van der Waals surface area contributed by atoms with E-state index in [9.17, 15) is 19.5 Å². The maximum atomic E-state index is 12.8. The van der Waals surface area contributed by atoms with Crippen LogP contribution in [0.1, 0.15) is 41.0 Å². The highest BCUT2D eigenvalue weighted by atomic mass is 16.6. The standard InChI is InChI=1S/C16H28N2O6/c1-9(2)12(17-15(22)24-16(3,4)5)13(20)18-8-10(19)7-11(18)14(21)23-6/h9-12,19H,7-8H2,1-6H3,(H,17,22)/t10-,11?,12-/m0/s1. The van der Waals surface area contributed by atoms with Crippen molar-refractivity contribution >= 4 is 18.0 Å². The smallest absolute Gasteiger partial charge is 0.408 e. The largest absolute Gasteiger partial charge is 0.467 e. The SMILES string of the molecule is COC(=O)C1C[C@H](O)CN1C(=O)[C@@H](NC(=O)OC(C)(C)C)C(C)C. The van der Waals surface area contributed by atoms with E-state index in [1.54, 1.807) is 34.6 Å². The summed E-state index contributed by atoms with van der Waals surface area (Å²) in [5, 5.41) is 12.4. The zero-order valence-corrected chi connectivity index (χ0v) is 15.2. The lowest BCUT2D eigenvalue weighted by atomic mass is 10.0. The van der Waals surface area contributed by atoms with Crippen molar-refractivity contribution in [3.8, 4) is 0 Å². The van der Waals surface area contributed by atoms with Crippen molar-refractivity contribution in [2.75, 3.05) is 13.7 Å². The first-order valence-corrected chi connectivity index (χ1v) is 8.02. The number of nitrogens with one attached hydrogen (secondary N) is 1. The molecule has 138 valence electrons. The van der Waals surface area contributed by atoms with Crippen LogP contribution in [0.2, 0.25) is 0 Å². The van der Waals surface area contributed by atoms with Crippen LogP contribution in [0.3, 0.4) is 0 Å². The summed E-state index contributed by atoms with van der Waals surface area (Å²) < 4.78 is 9.88. The number of hydrogen-bond donors (Lipinski definition) is 2. The van der Waals surface area contributed by atoms with Gasteiger partial charge in [-0.2, -0.15) is 0 Å². The molecule has 1 aliphatic heterocycles. The molecule has 1 unspecified atom stereocenters. The summed E-state index contributed by atoms with van der Waals surface area (Å²) in [6.45, 7) is 8.76. The minimum Gasteiger partial charge on any atom is -0.467 e. The molecule has 0 bridgehead atoms. The highest BCUT2D eigenvalue weighted by Crippen LogP contribution is 2.22. The van der Waals surface area contributed by atoms with Crippen LogP contribution >= 0.6 is 0 Å². The van der Waals surface area contributed by atoms with Gasteiger partial charge in [0.2, 0.25) is 5.91 Å². The van der Waals surface area contributed by atoms with Crippen molar-refractivity contribution in [3.05, 3.63) is 0 Å². The van der Waals surface area contributed by atoms with Crippen LogP contribution in [0, 0.1) is 5.92 Å². The number of amides is 2. The Bertz CT molecular complexity index is 485. The Morgan fingerprint density at radius 3 is 2.29 bits per heavy atom. The van der Waals surface area contributed by atoms with Crippen molar-refractivity contribution in [1.29, 1.82) is 0 Å². The van der Waals surface area contributed by atoms with Crippen LogP contribution in [0.4, 0.5) is 4.79 Å². The third-order valence-corrected chi connectivity index (χ3v) is 3.64. The lowest BCUT2D eigenvalue weighted by Gasteiger charge is -2.30. The molecule has 3 atom stereocenters. The lowest BCUT2D eigenvalue weighted by Crippen LogP contribution is -2.54. The van der Waals surface area contributed by atoms with Gasteiger partial charge in [0.25, 0.3) is 0 Å².